The molecule has 0 unspecified atom stereocenters. The van der Waals surface area contributed by atoms with Crippen LogP contribution in [0.25, 0.3) is 0 Å². The van der Waals surface area contributed by atoms with Gasteiger partial charge < -0.3 is 0 Å². The second kappa shape index (κ2) is 5.50. The molecule has 0 aliphatic carbocycles. The van der Waals surface area contributed by atoms with E-state index in [1.807, 2.05) is 6.92 Å². The molecular weight excluding hydrogens is 236 g/mol. The first-order chi connectivity index (χ1) is 7.74. The van der Waals surface area contributed by atoms with Crippen LogP contribution >= 0.6 is 0 Å². The Morgan fingerprint density at radius 1 is 1.18 bits per heavy atom. The maximum atomic E-state index is 11.4. The van der Waals surface area contributed by atoms with Crippen molar-refractivity contribution >= 4 is 10.0 Å². The molecule has 1 fully saturated rings. The molecule has 0 bridgehead atoms. The summed E-state index contributed by atoms with van der Waals surface area (Å²) in [6.07, 6.45) is 5.56. The molecule has 0 aromatic carbocycles. The van der Waals surface area contributed by atoms with Crippen molar-refractivity contribution in [2.45, 2.75) is 20.8 Å². The van der Waals surface area contributed by atoms with Crippen LogP contribution in [0.5, 0.6) is 0 Å². The minimum atomic E-state index is -3.01. The Kier molecular flexibility index (Phi) is 4.75. The number of allylic oxidation sites excluding steroid dienone is 1. The van der Waals surface area contributed by atoms with E-state index in [1.165, 1.54) is 6.26 Å². The van der Waals surface area contributed by atoms with Gasteiger partial charge in [0.2, 0.25) is 10.0 Å². The van der Waals surface area contributed by atoms with Crippen molar-refractivity contribution in [3.63, 3.8) is 0 Å². The van der Waals surface area contributed by atoms with Gasteiger partial charge in [0.1, 0.15) is 0 Å². The second-order valence-corrected chi connectivity index (χ2v) is 7.41. The summed E-state index contributed by atoms with van der Waals surface area (Å²) >= 11 is 0. The van der Waals surface area contributed by atoms with Crippen LogP contribution in [0.2, 0.25) is 0 Å². The van der Waals surface area contributed by atoms with Gasteiger partial charge in [0.15, 0.2) is 0 Å². The standard InChI is InChI=1S/C12H24N2O2S/c1-5-6-12(2,3)11-13-7-9-14(10-8-13)17(4,15)16/h5-6H,7-11H2,1-4H3. The average Bonchev–Trinajstić information content (AvgIpc) is 2.16. The quantitative estimate of drug-likeness (QED) is 0.712. The summed E-state index contributed by atoms with van der Waals surface area (Å²) in [5.41, 5.74) is 0.155. The fraction of sp³-hybridized carbons (Fsp3) is 0.833. The van der Waals surface area contributed by atoms with Crippen molar-refractivity contribution in [2.24, 2.45) is 5.41 Å². The molecule has 1 aliphatic rings. The number of sulfonamides is 1. The molecule has 1 heterocycles. The molecule has 0 radical (unpaired) electrons. The van der Waals surface area contributed by atoms with Crippen LogP contribution in [0, 0.1) is 5.41 Å². The molecular formula is C12H24N2O2S. The summed E-state index contributed by atoms with van der Waals surface area (Å²) in [5, 5.41) is 0. The zero-order chi connectivity index (χ0) is 13.1. The summed E-state index contributed by atoms with van der Waals surface area (Å²) in [6, 6.07) is 0. The van der Waals surface area contributed by atoms with E-state index in [0.717, 1.165) is 19.6 Å². The van der Waals surface area contributed by atoms with E-state index in [2.05, 4.69) is 30.9 Å². The van der Waals surface area contributed by atoms with Crippen molar-refractivity contribution in [3.8, 4) is 0 Å². The fourth-order valence-electron chi connectivity index (χ4n) is 2.30. The van der Waals surface area contributed by atoms with Crippen LogP contribution in [-0.4, -0.2) is 56.6 Å². The number of hydrogen-bond donors (Lipinski definition) is 0. The van der Waals surface area contributed by atoms with Crippen LogP contribution in [0.4, 0.5) is 0 Å². The third-order valence-corrected chi connectivity index (χ3v) is 4.35. The van der Waals surface area contributed by atoms with Crippen LogP contribution in [0.3, 0.4) is 0 Å². The lowest BCUT2D eigenvalue weighted by Crippen LogP contribution is -2.50. The monoisotopic (exact) mass is 260 g/mol. The molecule has 0 aromatic rings. The zero-order valence-electron chi connectivity index (χ0n) is 11.3. The average molecular weight is 260 g/mol. The smallest absolute Gasteiger partial charge is 0.211 e. The Balaban J connectivity index is 2.48. The van der Waals surface area contributed by atoms with Gasteiger partial charge in [-0.15, -0.1) is 0 Å². The highest BCUT2D eigenvalue weighted by Gasteiger charge is 2.26. The lowest BCUT2D eigenvalue weighted by atomic mass is 9.92. The van der Waals surface area contributed by atoms with E-state index in [0.29, 0.717) is 13.1 Å². The van der Waals surface area contributed by atoms with Crippen LogP contribution < -0.4 is 0 Å². The van der Waals surface area contributed by atoms with E-state index in [1.54, 1.807) is 4.31 Å². The van der Waals surface area contributed by atoms with Crippen LogP contribution in [-0.2, 0) is 10.0 Å². The van der Waals surface area contributed by atoms with Crippen LogP contribution in [0.1, 0.15) is 20.8 Å². The summed E-state index contributed by atoms with van der Waals surface area (Å²) in [6.45, 7) is 10.3. The lowest BCUT2D eigenvalue weighted by molar-refractivity contribution is 0.152. The van der Waals surface area contributed by atoms with E-state index in [-0.39, 0.29) is 5.41 Å². The highest BCUT2D eigenvalue weighted by Crippen LogP contribution is 2.20. The Morgan fingerprint density at radius 3 is 2.12 bits per heavy atom. The van der Waals surface area contributed by atoms with Gasteiger partial charge >= 0.3 is 0 Å². The molecule has 0 saturated carbocycles. The molecule has 1 saturated heterocycles. The topological polar surface area (TPSA) is 40.6 Å². The molecule has 4 nitrogen and oxygen atoms in total. The highest BCUT2D eigenvalue weighted by molar-refractivity contribution is 7.88. The molecule has 5 heteroatoms. The van der Waals surface area contributed by atoms with Gasteiger partial charge in [-0.1, -0.05) is 26.0 Å². The molecule has 0 atom stereocenters. The van der Waals surface area contributed by atoms with Gasteiger partial charge in [-0.2, -0.15) is 4.31 Å². The number of nitrogens with zero attached hydrogens (tertiary/aromatic N) is 2. The summed E-state index contributed by atoms with van der Waals surface area (Å²) in [5.74, 6) is 0. The zero-order valence-corrected chi connectivity index (χ0v) is 12.1. The molecule has 0 N–H and O–H groups in total. The number of hydrogen-bond acceptors (Lipinski definition) is 3. The van der Waals surface area contributed by atoms with E-state index >= 15 is 0 Å². The fourth-order valence-corrected chi connectivity index (χ4v) is 3.13. The number of piperazine rings is 1. The predicted octanol–water partition coefficient (Wildman–Crippen LogP) is 1.17. The maximum absolute atomic E-state index is 11.4. The molecule has 0 amide bonds. The largest absolute Gasteiger partial charge is 0.300 e. The third-order valence-electron chi connectivity index (χ3n) is 3.05. The predicted molar refractivity (Wildman–Crippen MR) is 71.5 cm³/mol. The highest BCUT2D eigenvalue weighted by atomic mass is 32.2. The van der Waals surface area contributed by atoms with Crippen molar-refractivity contribution in [1.29, 1.82) is 0 Å². The van der Waals surface area contributed by atoms with Crippen molar-refractivity contribution in [3.05, 3.63) is 12.2 Å². The van der Waals surface area contributed by atoms with Crippen LogP contribution in [0.15, 0.2) is 12.2 Å². The minimum Gasteiger partial charge on any atom is -0.300 e. The Hall–Kier alpha value is -0.390. The van der Waals surface area contributed by atoms with Crippen molar-refractivity contribution < 1.29 is 8.42 Å². The summed E-state index contributed by atoms with van der Waals surface area (Å²) in [7, 11) is -3.01. The van der Waals surface area contributed by atoms with Gasteiger partial charge in [-0.3, -0.25) is 4.90 Å². The van der Waals surface area contributed by atoms with Crippen molar-refractivity contribution in [2.75, 3.05) is 39.0 Å². The molecule has 1 aliphatic heterocycles. The maximum Gasteiger partial charge on any atom is 0.211 e. The molecule has 0 spiro atoms. The Bertz CT molecular complexity index is 366. The van der Waals surface area contributed by atoms with Gasteiger partial charge in [0.25, 0.3) is 0 Å². The van der Waals surface area contributed by atoms with Gasteiger partial charge in [0.05, 0.1) is 6.26 Å². The third kappa shape index (κ3) is 4.77. The first-order valence-electron chi connectivity index (χ1n) is 6.06. The second-order valence-electron chi connectivity index (χ2n) is 5.43. The Morgan fingerprint density at radius 2 is 1.71 bits per heavy atom. The molecule has 0 aromatic heterocycles. The first-order valence-corrected chi connectivity index (χ1v) is 7.91. The first kappa shape index (κ1) is 14.7. The molecule has 1 rings (SSSR count). The van der Waals surface area contributed by atoms with Gasteiger partial charge in [0, 0.05) is 32.7 Å². The van der Waals surface area contributed by atoms with E-state index in [9.17, 15) is 8.42 Å². The minimum absolute atomic E-state index is 0.155. The van der Waals surface area contributed by atoms with E-state index < -0.39 is 10.0 Å². The lowest BCUT2D eigenvalue weighted by Gasteiger charge is -2.37. The van der Waals surface area contributed by atoms with Gasteiger partial charge in [-0.05, 0) is 12.3 Å². The SMILES string of the molecule is CC=CC(C)(C)CN1CCN(S(C)(=O)=O)CC1. The Labute approximate surface area is 105 Å². The van der Waals surface area contributed by atoms with Gasteiger partial charge in [-0.25, -0.2) is 8.42 Å². The van der Waals surface area contributed by atoms with Crippen molar-refractivity contribution in [1.82, 2.24) is 9.21 Å². The normalized spacial score (nSPS) is 21.2. The molecule has 17 heavy (non-hydrogen) atoms. The summed E-state index contributed by atoms with van der Waals surface area (Å²) < 4.78 is 24.3. The molecule has 100 valence electrons. The van der Waals surface area contributed by atoms with E-state index in [4.69, 9.17) is 0 Å². The summed E-state index contributed by atoms with van der Waals surface area (Å²) in [4.78, 5) is 2.34. The number of rotatable bonds is 4.